The fourth-order valence-corrected chi connectivity index (χ4v) is 4.46. The number of hydrogen-bond donors (Lipinski definition) is 2. The third kappa shape index (κ3) is 4.26. The maximum Gasteiger partial charge on any atom is 0.251 e. The molecule has 1 fully saturated rings. The van der Waals surface area contributed by atoms with Crippen molar-refractivity contribution in [3.05, 3.63) is 34.6 Å². The van der Waals surface area contributed by atoms with Crippen LogP contribution in [0.3, 0.4) is 0 Å². The molecular weight excluding hydrogens is 329 g/mol. The second-order valence-electron chi connectivity index (χ2n) is 7.59. The van der Waals surface area contributed by atoms with Crippen molar-refractivity contribution in [1.29, 1.82) is 0 Å². The van der Waals surface area contributed by atoms with Gasteiger partial charge in [-0.2, -0.15) is 0 Å². The monoisotopic (exact) mass is 361 g/mol. The Morgan fingerprint density at radius 3 is 2.77 bits per heavy atom. The number of halogens is 1. The molecule has 1 aromatic rings. The Morgan fingerprint density at radius 2 is 2.00 bits per heavy atom. The molecule has 1 saturated carbocycles. The number of carbonyl (C=O) groups excluding carboxylic acids is 1. The summed E-state index contributed by atoms with van der Waals surface area (Å²) in [5, 5.41) is 6.49. The molecule has 2 aliphatic rings. The predicted octanol–water partition coefficient (Wildman–Crippen LogP) is 3.10. The first-order valence-electron chi connectivity index (χ1n) is 10.2. The van der Waals surface area contributed by atoms with Gasteiger partial charge in [0.1, 0.15) is 5.82 Å². The van der Waals surface area contributed by atoms with Gasteiger partial charge in [0.05, 0.1) is 0 Å². The third-order valence-electron chi connectivity index (χ3n) is 6.08. The van der Waals surface area contributed by atoms with Gasteiger partial charge in [-0.15, -0.1) is 0 Å². The Kier molecular flexibility index (Phi) is 6.65. The lowest BCUT2D eigenvalue weighted by molar-refractivity contribution is 0.0887. The van der Waals surface area contributed by atoms with E-state index in [0.29, 0.717) is 30.0 Å². The molecule has 1 aromatic carbocycles. The number of fused-ring (bicyclic) bond motifs is 1. The number of hydrogen-bond acceptors (Lipinski definition) is 3. The van der Waals surface area contributed by atoms with Crippen molar-refractivity contribution >= 4 is 5.91 Å². The summed E-state index contributed by atoms with van der Waals surface area (Å²) >= 11 is 0. The molecule has 144 valence electrons. The molecule has 1 heterocycles. The molecule has 4 nitrogen and oxygen atoms in total. The van der Waals surface area contributed by atoms with E-state index in [4.69, 9.17) is 0 Å². The zero-order chi connectivity index (χ0) is 18.5. The first-order valence-corrected chi connectivity index (χ1v) is 10.2. The fourth-order valence-electron chi connectivity index (χ4n) is 4.46. The standard InChI is InChI=1S/C21H32FN3O/c1-3-25(4-2)14-15-7-5-6-8-20(15)24-21(26)17-9-10-19(22)18-13-23-12-11-16(17)18/h9-10,15,20,23H,3-8,11-14H2,1-2H3,(H,24,26). The largest absolute Gasteiger partial charge is 0.349 e. The van der Waals surface area contributed by atoms with Crippen molar-refractivity contribution in [2.24, 2.45) is 5.92 Å². The molecule has 0 bridgehead atoms. The summed E-state index contributed by atoms with van der Waals surface area (Å²) in [6, 6.07) is 3.32. The first-order chi connectivity index (χ1) is 12.6. The number of rotatable bonds is 6. The van der Waals surface area contributed by atoms with Crippen molar-refractivity contribution in [2.75, 3.05) is 26.2 Å². The van der Waals surface area contributed by atoms with Gasteiger partial charge < -0.3 is 15.5 Å². The van der Waals surface area contributed by atoms with Crippen LogP contribution >= 0.6 is 0 Å². The Bertz CT molecular complexity index is 630. The minimum absolute atomic E-state index is 0.0282. The molecule has 2 N–H and O–H groups in total. The van der Waals surface area contributed by atoms with Gasteiger partial charge in [-0.1, -0.05) is 26.7 Å². The summed E-state index contributed by atoms with van der Waals surface area (Å²) in [7, 11) is 0. The van der Waals surface area contributed by atoms with Gasteiger partial charge in [0.15, 0.2) is 0 Å². The van der Waals surface area contributed by atoms with Crippen LogP contribution < -0.4 is 10.6 Å². The van der Waals surface area contributed by atoms with E-state index in [9.17, 15) is 9.18 Å². The fraction of sp³-hybridized carbons (Fsp3) is 0.667. The molecule has 0 saturated heterocycles. The molecule has 2 unspecified atom stereocenters. The SMILES string of the molecule is CCN(CC)CC1CCCCC1NC(=O)c1ccc(F)c2c1CCNC2. The van der Waals surface area contributed by atoms with Gasteiger partial charge in [0, 0.05) is 30.3 Å². The highest BCUT2D eigenvalue weighted by Gasteiger charge is 2.29. The summed E-state index contributed by atoms with van der Waals surface area (Å²) in [5.74, 6) is 0.269. The average Bonchev–Trinajstić information content (AvgIpc) is 2.67. The maximum atomic E-state index is 14.1. The molecule has 1 aliphatic carbocycles. The highest BCUT2D eigenvalue weighted by Crippen LogP contribution is 2.27. The first kappa shape index (κ1) is 19.3. The topological polar surface area (TPSA) is 44.4 Å². The van der Waals surface area contributed by atoms with Gasteiger partial charge in [-0.25, -0.2) is 4.39 Å². The van der Waals surface area contributed by atoms with E-state index in [2.05, 4.69) is 29.4 Å². The normalized spacial score (nSPS) is 22.9. The summed E-state index contributed by atoms with van der Waals surface area (Å²) in [5.41, 5.74) is 2.21. The number of carbonyl (C=O) groups is 1. The molecular formula is C21H32FN3O. The van der Waals surface area contributed by atoms with Crippen molar-refractivity contribution in [3.8, 4) is 0 Å². The van der Waals surface area contributed by atoms with E-state index in [1.54, 1.807) is 6.07 Å². The van der Waals surface area contributed by atoms with Crippen LogP contribution in [0.15, 0.2) is 12.1 Å². The number of benzene rings is 1. The van der Waals surface area contributed by atoms with Crippen LogP contribution in [0.1, 0.15) is 61.0 Å². The van der Waals surface area contributed by atoms with Crippen molar-refractivity contribution in [1.82, 2.24) is 15.5 Å². The Labute approximate surface area is 156 Å². The zero-order valence-corrected chi connectivity index (χ0v) is 16.1. The van der Waals surface area contributed by atoms with Crippen LogP contribution in [-0.4, -0.2) is 43.0 Å². The van der Waals surface area contributed by atoms with E-state index in [-0.39, 0.29) is 17.8 Å². The molecule has 2 atom stereocenters. The Balaban J connectivity index is 1.74. The minimum atomic E-state index is -0.208. The van der Waals surface area contributed by atoms with Crippen LogP contribution in [0, 0.1) is 11.7 Å². The van der Waals surface area contributed by atoms with Crippen LogP contribution in [-0.2, 0) is 13.0 Å². The molecule has 0 radical (unpaired) electrons. The third-order valence-corrected chi connectivity index (χ3v) is 6.08. The Hall–Kier alpha value is -1.46. The van der Waals surface area contributed by atoms with Gasteiger partial charge in [-0.05, 0) is 62.5 Å². The van der Waals surface area contributed by atoms with Crippen LogP contribution in [0.4, 0.5) is 4.39 Å². The van der Waals surface area contributed by atoms with Crippen molar-refractivity contribution < 1.29 is 9.18 Å². The van der Waals surface area contributed by atoms with E-state index in [1.807, 2.05) is 0 Å². The highest BCUT2D eigenvalue weighted by atomic mass is 19.1. The summed E-state index contributed by atoms with van der Waals surface area (Å²) in [4.78, 5) is 15.4. The summed E-state index contributed by atoms with van der Waals surface area (Å²) in [6.45, 7) is 8.83. The van der Waals surface area contributed by atoms with Crippen LogP contribution in [0.25, 0.3) is 0 Å². The molecule has 1 aliphatic heterocycles. The second kappa shape index (κ2) is 8.96. The van der Waals surface area contributed by atoms with Gasteiger partial charge in [0.25, 0.3) is 5.91 Å². The zero-order valence-electron chi connectivity index (χ0n) is 16.1. The van der Waals surface area contributed by atoms with Gasteiger partial charge in [0.2, 0.25) is 0 Å². The predicted molar refractivity (Wildman–Crippen MR) is 103 cm³/mol. The van der Waals surface area contributed by atoms with E-state index in [1.165, 1.54) is 25.3 Å². The lowest BCUT2D eigenvalue weighted by Gasteiger charge is -2.35. The molecule has 0 spiro atoms. The lowest BCUT2D eigenvalue weighted by atomic mass is 9.83. The second-order valence-corrected chi connectivity index (χ2v) is 7.59. The van der Waals surface area contributed by atoms with E-state index < -0.39 is 0 Å². The number of amides is 1. The number of nitrogens with one attached hydrogen (secondary N) is 2. The molecule has 0 aromatic heterocycles. The Morgan fingerprint density at radius 1 is 1.23 bits per heavy atom. The van der Waals surface area contributed by atoms with Crippen molar-refractivity contribution in [3.63, 3.8) is 0 Å². The summed E-state index contributed by atoms with van der Waals surface area (Å²) in [6.07, 6.45) is 5.35. The average molecular weight is 362 g/mol. The molecule has 3 rings (SSSR count). The molecule has 5 heteroatoms. The van der Waals surface area contributed by atoms with Crippen LogP contribution in [0.2, 0.25) is 0 Å². The number of nitrogens with zero attached hydrogens (tertiary/aromatic N) is 1. The summed E-state index contributed by atoms with van der Waals surface area (Å²) < 4.78 is 14.1. The van der Waals surface area contributed by atoms with Gasteiger partial charge >= 0.3 is 0 Å². The lowest BCUT2D eigenvalue weighted by Crippen LogP contribution is -2.46. The minimum Gasteiger partial charge on any atom is -0.349 e. The molecule has 1 amide bonds. The highest BCUT2D eigenvalue weighted by molar-refractivity contribution is 5.96. The maximum absolute atomic E-state index is 14.1. The van der Waals surface area contributed by atoms with Gasteiger partial charge in [-0.3, -0.25) is 4.79 Å². The van der Waals surface area contributed by atoms with E-state index >= 15 is 0 Å². The van der Waals surface area contributed by atoms with E-state index in [0.717, 1.165) is 38.2 Å². The van der Waals surface area contributed by atoms with Crippen LogP contribution in [0.5, 0.6) is 0 Å². The van der Waals surface area contributed by atoms with Crippen molar-refractivity contribution in [2.45, 2.75) is 58.5 Å². The smallest absolute Gasteiger partial charge is 0.251 e. The quantitative estimate of drug-likeness (QED) is 0.818. The molecule has 26 heavy (non-hydrogen) atoms.